The van der Waals surface area contributed by atoms with Gasteiger partial charge in [0.2, 0.25) is 5.91 Å². The summed E-state index contributed by atoms with van der Waals surface area (Å²) in [6.45, 7) is 4.06. The zero-order valence-electron chi connectivity index (χ0n) is 7.13. The van der Waals surface area contributed by atoms with Crippen LogP contribution in [0.2, 0.25) is 0 Å². The fraction of sp³-hybridized carbons (Fsp3) is 0.875. The van der Waals surface area contributed by atoms with Gasteiger partial charge in [-0.1, -0.05) is 6.92 Å². The highest BCUT2D eigenvalue weighted by molar-refractivity contribution is 5.75. The Hall–Kier alpha value is -0.570. The van der Waals surface area contributed by atoms with E-state index in [1.807, 2.05) is 6.92 Å². The minimum Gasteiger partial charge on any atom is -0.370 e. The quantitative estimate of drug-likeness (QED) is 0.614. The Kier molecular flexibility index (Phi) is 1.92. The van der Waals surface area contributed by atoms with Crippen molar-refractivity contribution in [3.8, 4) is 0 Å². The molecule has 0 heterocycles. The van der Waals surface area contributed by atoms with Gasteiger partial charge in [0.05, 0.1) is 0 Å². The van der Waals surface area contributed by atoms with E-state index in [2.05, 4.69) is 6.92 Å². The summed E-state index contributed by atoms with van der Waals surface area (Å²) in [4.78, 5) is 10.6. The van der Waals surface area contributed by atoms with Crippen LogP contribution in [0, 0.1) is 11.8 Å². The molecule has 0 radical (unpaired) electrons. The Morgan fingerprint density at radius 2 is 2.18 bits per heavy atom. The van der Waals surface area contributed by atoms with Gasteiger partial charge < -0.3 is 11.5 Å². The number of carbonyl (C=O) groups is 1. The average Bonchev–Trinajstić information content (AvgIpc) is 2.42. The van der Waals surface area contributed by atoms with Gasteiger partial charge in [-0.15, -0.1) is 0 Å². The predicted molar refractivity (Wildman–Crippen MR) is 43.7 cm³/mol. The first kappa shape index (κ1) is 8.53. The van der Waals surface area contributed by atoms with Crippen LogP contribution in [0.25, 0.3) is 0 Å². The van der Waals surface area contributed by atoms with Gasteiger partial charge in [0.25, 0.3) is 0 Å². The number of rotatable bonds is 3. The summed E-state index contributed by atoms with van der Waals surface area (Å²) < 4.78 is 0. The lowest BCUT2D eigenvalue weighted by Gasteiger charge is -2.22. The normalized spacial score (nSPS) is 34.5. The first-order valence-corrected chi connectivity index (χ1v) is 4.00. The first-order chi connectivity index (χ1) is 4.93. The van der Waals surface area contributed by atoms with Crippen LogP contribution in [-0.4, -0.2) is 11.4 Å². The van der Waals surface area contributed by atoms with Crippen molar-refractivity contribution in [2.45, 2.75) is 32.2 Å². The molecule has 0 spiro atoms. The molecule has 4 N–H and O–H groups in total. The van der Waals surface area contributed by atoms with Gasteiger partial charge >= 0.3 is 0 Å². The second-order valence-electron chi connectivity index (χ2n) is 3.97. The standard InChI is InChI=1S/C8H16N2O/c1-5-3-6(5)8(2,10)4-7(9)11/h5-6H,3-4,10H2,1-2H3,(H2,9,11). The van der Waals surface area contributed by atoms with E-state index in [-0.39, 0.29) is 11.4 Å². The number of hydrogen-bond donors (Lipinski definition) is 2. The first-order valence-electron chi connectivity index (χ1n) is 4.00. The lowest BCUT2D eigenvalue weighted by atomic mass is 9.91. The number of nitrogens with two attached hydrogens (primary N) is 2. The molecule has 0 saturated heterocycles. The summed E-state index contributed by atoms with van der Waals surface area (Å²) in [5.74, 6) is 0.869. The van der Waals surface area contributed by atoms with Crippen molar-refractivity contribution in [3.05, 3.63) is 0 Å². The van der Waals surface area contributed by atoms with E-state index < -0.39 is 0 Å². The number of amides is 1. The molecule has 3 nitrogen and oxygen atoms in total. The molecule has 1 aliphatic carbocycles. The van der Waals surface area contributed by atoms with Crippen LogP contribution in [0.3, 0.4) is 0 Å². The van der Waals surface area contributed by atoms with Crippen molar-refractivity contribution < 1.29 is 4.79 Å². The molecule has 64 valence electrons. The fourth-order valence-electron chi connectivity index (χ4n) is 1.75. The van der Waals surface area contributed by atoms with E-state index in [0.717, 1.165) is 6.42 Å². The average molecular weight is 156 g/mol. The summed E-state index contributed by atoms with van der Waals surface area (Å²) in [7, 11) is 0. The number of primary amides is 1. The molecular weight excluding hydrogens is 140 g/mol. The van der Waals surface area contributed by atoms with Gasteiger partial charge in [0, 0.05) is 12.0 Å². The molecule has 0 aliphatic heterocycles. The molecule has 1 rings (SSSR count). The van der Waals surface area contributed by atoms with Crippen LogP contribution < -0.4 is 11.5 Å². The second kappa shape index (κ2) is 2.48. The van der Waals surface area contributed by atoms with Crippen LogP contribution in [0.1, 0.15) is 26.7 Å². The van der Waals surface area contributed by atoms with Gasteiger partial charge in [-0.2, -0.15) is 0 Å². The molecule has 0 bridgehead atoms. The Balaban J connectivity index is 2.46. The van der Waals surface area contributed by atoms with Crippen molar-refractivity contribution >= 4 is 5.91 Å². The van der Waals surface area contributed by atoms with Gasteiger partial charge in [0.15, 0.2) is 0 Å². The van der Waals surface area contributed by atoms with Crippen LogP contribution >= 0.6 is 0 Å². The fourth-order valence-corrected chi connectivity index (χ4v) is 1.75. The van der Waals surface area contributed by atoms with Crippen molar-refractivity contribution in [2.75, 3.05) is 0 Å². The maximum Gasteiger partial charge on any atom is 0.219 e. The smallest absolute Gasteiger partial charge is 0.219 e. The van der Waals surface area contributed by atoms with Gasteiger partial charge in [-0.25, -0.2) is 0 Å². The van der Waals surface area contributed by atoms with Gasteiger partial charge in [-0.3, -0.25) is 4.79 Å². The lowest BCUT2D eigenvalue weighted by molar-refractivity contribution is -0.119. The van der Waals surface area contributed by atoms with E-state index in [1.165, 1.54) is 0 Å². The van der Waals surface area contributed by atoms with Crippen LogP contribution in [0.5, 0.6) is 0 Å². The number of carbonyl (C=O) groups excluding carboxylic acids is 1. The summed E-state index contributed by atoms with van der Waals surface area (Å²) in [6.07, 6.45) is 1.45. The lowest BCUT2D eigenvalue weighted by Crippen LogP contribution is -2.43. The predicted octanol–water partition coefficient (Wildman–Crippen LogP) is 0.235. The van der Waals surface area contributed by atoms with Crippen LogP contribution in [-0.2, 0) is 4.79 Å². The molecule has 0 aromatic rings. The Morgan fingerprint density at radius 3 is 2.45 bits per heavy atom. The number of hydrogen-bond acceptors (Lipinski definition) is 2. The highest BCUT2D eigenvalue weighted by Gasteiger charge is 2.45. The van der Waals surface area contributed by atoms with Crippen molar-refractivity contribution in [2.24, 2.45) is 23.3 Å². The van der Waals surface area contributed by atoms with Crippen LogP contribution in [0.15, 0.2) is 0 Å². The van der Waals surface area contributed by atoms with E-state index in [4.69, 9.17) is 11.5 Å². The molecule has 11 heavy (non-hydrogen) atoms. The molecule has 3 atom stereocenters. The Labute approximate surface area is 67.1 Å². The molecule has 1 saturated carbocycles. The van der Waals surface area contributed by atoms with Crippen molar-refractivity contribution in [1.29, 1.82) is 0 Å². The van der Waals surface area contributed by atoms with Crippen molar-refractivity contribution in [3.63, 3.8) is 0 Å². The zero-order valence-corrected chi connectivity index (χ0v) is 7.13. The molecule has 3 heteroatoms. The van der Waals surface area contributed by atoms with Crippen molar-refractivity contribution in [1.82, 2.24) is 0 Å². The van der Waals surface area contributed by atoms with Crippen LogP contribution in [0.4, 0.5) is 0 Å². The summed E-state index contributed by atoms with van der Waals surface area (Å²) in [6, 6.07) is 0. The summed E-state index contributed by atoms with van der Waals surface area (Å²) in [5.41, 5.74) is 10.6. The molecule has 1 amide bonds. The van der Waals surface area contributed by atoms with E-state index in [1.54, 1.807) is 0 Å². The molecule has 0 aromatic carbocycles. The third-order valence-corrected chi connectivity index (χ3v) is 2.51. The molecule has 1 fully saturated rings. The van der Waals surface area contributed by atoms with E-state index >= 15 is 0 Å². The molecule has 1 aliphatic rings. The molecule has 0 aromatic heterocycles. The van der Waals surface area contributed by atoms with Gasteiger partial charge in [0.1, 0.15) is 0 Å². The minimum atomic E-state index is -0.370. The van der Waals surface area contributed by atoms with Gasteiger partial charge in [-0.05, 0) is 25.2 Å². The highest BCUT2D eigenvalue weighted by atomic mass is 16.1. The Bertz CT molecular complexity index is 177. The van der Waals surface area contributed by atoms with E-state index in [9.17, 15) is 4.79 Å². The Morgan fingerprint density at radius 1 is 1.73 bits per heavy atom. The van der Waals surface area contributed by atoms with E-state index in [0.29, 0.717) is 18.3 Å². The maximum absolute atomic E-state index is 10.6. The zero-order chi connectivity index (χ0) is 8.65. The summed E-state index contributed by atoms with van der Waals surface area (Å²) >= 11 is 0. The topological polar surface area (TPSA) is 69.1 Å². The third kappa shape index (κ3) is 1.93. The molecule has 3 unspecified atom stereocenters. The maximum atomic E-state index is 10.6. The second-order valence-corrected chi connectivity index (χ2v) is 3.97. The minimum absolute atomic E-state index is 0.297. The highest BCUT2D eigenvalue weighted by Crippen LogP contribution is 2.45. The largest absolute Gasteiger partial charge is 0.370 e. The molecular formula is C8H16N2O. The SMILES string of the molecule is CC1CC1C(C)(N)CC(N)=O. The third-order valence-electron chi connectivity index (χ3n) is 2.51. The summed E-state index contributed by atoms with van der Waals surface area (Å²) in [5, 5.41) is 0. The monoisotopic (exact) mass is 156 g/mol.